The summed E-state index contributed by atoms with van der Waals surface area (Å²) in [5.74, 6) is 0.357. The average molecular weight is 521 g/mol. The van der Waals surface area contributed by atoms with Crippen molar-refractivity contribution >= 4 is 17.7 Å². The molecule has 198 valence electrons. The fraction of sp³-hybridized carbons (Fsp3) is 0.458. The van der Waals surface area contributed by atoms with Crippen LogP contribution < -0.4 is 14.4 Å². The van der Waals surface area contributed by atoms with Gasteiger partial charge in [-0.15, -0.1) is 0 Å². The summed E-state index contributed by atoms with van der Waals surface area (Å²) in [6.45, 7) is -1.04. The summed E-state index contributed by atoms with van der Waals surface area (Å²) in [7, 11) is 3.27. The minimum absolute atomic E-state index is 0.192. The Labute approximate surface area is 211 Å². The predicted molar refractivity (Wildman–Crippen MR) is 124 cm³/mol. The number of amides is 2. The Morgan fingerprint density at radius 3 is 2.57 bits per heavy atom. The van der Waals surface area contributed by atoms with Gasteiger partial charge < -0.3 is 24.0 Å². The number of rotatable bonds is 8. The van der Waals surface area contributed by atoms with E-state index in [1.165, 1.54) is 28.1 Å². The highest BCUT2D eigenvalue weighted by molar-refractivity contribution is 5.98. The van der Waals surface area contributed by atoms with E-state index < -0.39 is 18.9 Å². The van der Waals surface area contributed by atoms with Gasteiger partial charge in [0.1, 0.15) is 17.7 Å². The molecule has 0 bridgehead atoms. The molecule has 0 aromatic carbocycles. The molecular weight excluding hydrogens is 495 g/mol. The molecule has 4 rings (SSSR count). The van der Waals surface area contributed by atoms with Crippen LogP contribution in [-0.2, 0) is 16.0 Å². The Balaban J connectivity index is 1.27. The maximum absolute atomic E-state index is 12.8. The molecule has 10 nitrogen and oxygen atoms in total. The van der Waals surface area contributed by atoms with Gasteiger partial charge in [-0.2, -0.15) is 13.2 Å². The predicted octanol–water partition coefficient (Wildman–Crippen LogP) is 3.33. The Morgan fingerprint density at radius 1 is 1.16 bits per heavy atom. The van der Waals surface area contributed by atoms with Crippen LogP contribution in [0.15, 0.2) is 42.4 Å². The van der Waals surface area contributed by atoms with Gasteiger partial charge in [-0.25, -0.2) is 19.7 Å². The van der Waals surface area contributed by atoms with Gasteiger partial charge in [-0.1, -0.05) is 11.6 Å². The molecule has 2 aromatic heterocycles. The molecule has 2 atom stereocenters. The summed E-state index contributed by atoms with van der Waals surface area (Å²) in [4.78, 5) is 40.0. The van der Waals surface area contributed by atoms with Crippen LogP contribution in [0, 0.1) is 0 Å². The van der Waals surface area contributed by atoms with E-state index in [9.17, 15) is 22.8 Å². The molecule has 2 amide bonds. The van der Waals surface area contributed by atoms with Gasteiger partial charge in [0.05, 0.1) is 24.3 Å². The van der Waals surface area contributed by atoms with Crippen molar-refractivity contribution in [2.75, 3.05) is 32.1 Å². The Kier molecular flexibility index (Phi) is 7.79. The van der Waals surface area contributed by atoms with E-state index in [1.807, 2.05) is 6.08 Å². The third-order valence-corrected chi connectivity index (χ3v) is 5.71. The molecule has 0 radical (unpaired) electrons. The fourth-order valence-corrected chi connectivity index (χ4v) is 3.88. The first-order valence-electron chi connectivity index (χ1n) is 11.6. The van der Waals surface area contributed by atoms with E-state index in [2.05, 4.69) is 19.7 Å². The monoisotopic (exact) mass is 521 g/mol. The smallest absolute Gasteiger partial charge is 0.422 e. The highest BCUT2D eigenvalue weighted by Gasteiger charge is 2.35. The van der Waals surface area contributed by atoms with Gasteiger partial charge in [0.15, 0.2) is 12.7 Å². The molecule has 1 aliphatic heterocycles. The molecule has 13 heteroatoms. The number of carbonyl (C=O) groups is 2. The van der Waals surface area contributed by atoms with Crippen LogP contribution in [0.25, 0.3) is 0 Å². The molecule has 1 aliphatic carbocycles. The van der Waals surface area contributed by atoms with Crippen LogP contribution >= 0.6 is 0 Å². The largest absolute Gasteiger partial charge is 0.479 e. The topological polar surface area (TPSA) is 107 Å². The lowest BCUT2D eigenvalue weighted by Gasteiger charge is -2.17. The normalized spacial score (nSPS) is 19.5. The average Bonchev–Trinajstić information content (AvgIpc) is 3.44. The number of alkyl halides is 3. The minimum Gasteiger partial charge on any atom is -0.479 e. The van der Waals surface area contributed by atoms with E-state index in [4.69, 9.17) is 9.47 Å². The van der Waals surface area contributed by atoms with Gasteiger partial charge in [0.2, 0.25) is 5.88 Å². The zero-order valence-electron chi connectivity index (χ0n) is 20.3. The Morgan fingerprint density at radius 2 is 1.92 bits per heavy atom. The van der Waals surface area contributed by atoms with Crippen molar-refractivity contribution in [2.24, 2.45) is 0 Å². The first kappa shape index (κ1) is 26.2. The van der Waals surface area contributed by atoms with Gasteiger partial charge in [-0.05, 0) is 6.07 Å². The highest BCUT2D eigenvalue weighted by atomic mass is 19.4. The van der Waals surface area contributed by atoms with Gasteiger partial charge in [0.25, 0.3) is 5.91 Å². The molecule has 1 unspecified atom stereocenters. The second-order valence-corrected chi connectivity index (χ2v) is 8.86. The molecule has 0 saturated carbocycles. The lowest BCUT2D eigenvalue weighted by molar-refractivity contribution is -0.154. The Hall–Kier alpha value is -3.90. The van der Waals surface area contributed by atoms with E-state index >= 15 is 0 Å². The number of halogens is 3. The first-order valence-corrected chi connectivity index (χ1v) is 11.6. The summed E-state index contributed by atoms with van der Waals surface area (Å²) in [6, 6.07) is 2.65. The van der Waals surface area contributed by atoms with Crippen molar-refractivity contribution in [1.29, 1.82) is 0 Å². The van der Waals surface area contributed by atoms with Gasteiger partial charge >= 0.3 is 12.3 Å². The van der Waals surface area contributed by atoms with Crippen LogP contribution in [0.3, 0.4) is 0 Å². The van der Waals surface area contributed by atoms with E-state index in [-0.39, 0.29) is 29.7 Å². The van der Waals surface area contributed by atoms with Crippen LogP contribution in [0.2, 0.25) is 0 Å². The van der Waals surface area contributed by atoms with Crippen LogP contribution in [0.4, 0.5) is 23.7 Å². The van der Waals surface area contributed by atoms with Crippen LogP contribution in [0.1, 0.15) is 25.1 Å². The second kappa shape index (κ2) is 11.0. The van der Waals surface area contributed by atoms with Crippen molar-refractivity contribution in [3.63, 3.8) is 0 Å². The summed E-state index contributed by atoms with van der Waals surface area (Å²) in [5, 5.41) is 0. The highest BCUT2D eigenvalue weighted by Crippen LogP contribution is 2.27. The molecule has 2 aromatic rings. The molecule has 3 heterocycles. The van der Waals surface area contributed by atoms with E-state index in [0.29, 0.717) is 43.7 Å². The molecule has 0 N–H and O–H groups in total. The van der Waals surface area contributed by atoms with Crippen molar-refractivity contribution < 1.29 is 37.0 Å². The zero-order chi connectivity index (χ0) is 26.6. The maximum Gasteiger partial charge on any atom is 0.422 e. The zero-order valence-corrected chi connectivity index (χ0v) is 20.3. The lowest BCUT2D eigenvalue weighted by Crippen LogP contribution is -2.32. The fourth-order valence-electron chi connectivity index (χ4n) is 3.88. The van der Waals surface area contributed by atoms with Crippen molar-refractivity contribution in [3.8, 4) is 11.6 Å². The lowest BCUT2D eigenvalue weighted by atomic mass is 10.1. The quantitative estimate of drug-likeness (QED) is 0.487. The summed E-state index contributed by atoms with van der Waals surface area (Å²) in [6.07, 6.45) is 2.80. The van der Waals surface area contributed by atoms with Crippen LogP contribution in [0.5, 0.6) is 11.6 Å². The molecule has 37 heavy (non-hydrogen) atoms. The molecule has 1 saturated heterocycles. The number of carbonyl (C=O) groups excluding carboxylic acids is 2. The number of anilines is 1. The third-order valence-electron chi connectivity index (χ3n) is 5.71. The summed E-state index contributed by atoms with van der Waals surface area (Å²) < 4.78 is 52.4. The summed E-state index contributed by atoms with van der Waals surface area (Å²) in [5.41, 5.74) is 1.62. The Bertz CT molecular complexity index is 1140. The van der Waals surface area contributed by atoms with Crippen molar-refractivity contribution in [1.82, 2.24) is 19.9 Å². The second-order valence-electron chi connectivity index (χ2n) is 8.86. The van der Waals surface area contributed by atoms with Crippen molar-refractivity contribution in [3.05, 3.63) is 48.2 Å². The standard InChI is InChI=1S/C24H26F3N5O5/c1-31(2)23(34)37-17-4-3-15(9-17)10-20-28-11-16(12-29-20)32-8-7-19(22(32)33)36-18-5-6-21(30-13-18)35-14-24(25,26)27/h3,5-6,11-13,17,19H,4,7-10,14H2,1-2H3/t17?,19-/m1/s1. The third kappa shape index (κ3) is 7.08. The molecule has 1 fully saturated rings. The number of hydrogen-bond acceptors (Lipinski definition) is 8. The van der Waals surface area contributed by atoms with Crippen molar-refractivity contribution in [2.45, 2.75) is 44.1 Å². The maximum atomic E-state index is 12.8. The molecule has 2 aliphatic rings. The van der Waals surface area contributed by atoms with Gasteiger partial charge in [-0.3, -0.25) is 4.79 Å². The van der Waals surface area contributed by atoms with Crippen LogP contribution in [-0.4, -0.2) is 77.5 Å². The van der Waals surface area contributed by atoms with E-state index in [1.54, 1.807) is 26.5 Å². The SMILES string of the molecule is CN(C)C(=O)OC1CC=C(Cc2ncc(N3CC[C@@H](Oc4ccc(OCC(F)(F)F)nc4)C3=O)cn2)C1. The molecular formula is C24H26F3N5O5. The number of hydrogen-bond donors (Lipinski definition) is 0. The minimum atomic E-state index is -4.46. The number of pyridine rings is 1. The number of ether oxygens (including phenoxy) is 3. The summed E-state index contributed by atoms with van der Waals surface area (Å²) >= 11 is 0. The van der Waals surface area contributed by atoms with E-state index in [0.717, 1.165) is 5.57 Å². The number of nitrogens with zero attached hydrogens (tertiary/aromatic N) is 5. The van der Waals surface area contributed by atoms with Gasteiger partial charge in [0, 0.05) is 52.4 Å². The molecule has 0 spiro atoms. The number of aromatic nitrogens is 3. The first-order chi connectivity index (χ1) is 17.6.